The molecule has 0 radical (unpaired) electrons. The van der Waals surface area contributed by atoms with Crippen LogP contribution in [0.2, 0.25) is 0 Å². The highest BCUT2D eigenvalue weighted by atomic mass is 16.6. The number of nitrogens with zero attached hydrogens (tertiary/aromatic N) is 3. The van der Waals surface area contributed by atoms with Gasteiger partial charge in [0.15, 0.2) is 17.3 Å². The van der Waals surface area contributed by atoms with Crippen LogP contribution in [0, 0.1) is 21.4 Å². The third-order valence-electron chi connectivity index (χ3n) is 4.40. The molecule has 2 N–H and O–H groups in total. The molecule has 2 heterocycles. The van der Waals surface area contributed by atoms with Crippen molar-refractivity contribution in [2.24, 2.45) is 0 Å². The minimum atomic E-state index is -0.511. The van der Waals surface area contributed by atoms with Gasteiger partial charge in [0.05, 0.1) is 15.8 Å². The van der Waals surface area contributed by atoms with Crippen molar-refractivity contribution in [3.63, 3.8) is 0 Å². The Morgan fingerprint density at radius 1 is 1.13 bits per heavy atom. The normalized spacial score (nSPS) is 11.7. The molecule has 0 bridgehead atoms. The Hall–Kier alpha value is -4.71. The molecule has 9 nitrogen and oxygen atoms in total. The second-order valence-corrected chi connectivity index (χ2v) is 6.23. The maximum atomic E-state index is 12.3. The van der Waals surface area contributed by atoms with Crippen LogP contribution in [0.1, 0.15) is 11.6 Å². The molecular formula is C21H12N4O5. The number of benzene rings is 2. The van der Waals surface area contributed by atoms with Crippen LogP contribution in [-0.2, 0) is 0 Å². The summed E-state index contributed by atoms with van der Waals surface area (Å²) in [5.74, 6) is -0.268. The standard InChI is InChI=1S/C21H12N4O5/c22-11-15(20-23-16-4-2-1-3-14(16)21(27)24-20)19(26)18-10-9-17(30-18)12-5-7-13(8-6-12)25(28)29/h1-10,26H,(H,23,24,27). The quantitative estimate of drug-likeness (QED) is 0.227. The van der Waals surface area contributed by atoms with Gasteiger partial charge in [0.1, 0.15) is 17.4 Å². The van der Waals surface area contributed by atoms with E-state index in [9.17, 15) is 25.3 Å². The van der Waals surface area contributed by atoms with Gasteiger partial charge in [-0.25, -0.2) is 4.98 Å². The number of fused-ring (bicyclic) bond motifs is 1. The fourth-order valence-corrected chi connectivity index (χ4v) is 2.91. The van der Waals surface area contributed by atoms with Gasteiger partial charge in [-0.2, -0.15) is 5.26 Å². The smallest absolute Gasteiger partial charge is 0.269 e. The fourth-order valence-electron chi connectivity index (χ4n) is 2.91. The van der Waals surface area contributed by atoms with E-state index >= 15 is 0 Å². The molecule has 9 heteroatoms. The highest BCUT2D eigenvalue weighted by Crippen LogP contribution is 2.29. The fraction of sp³-hybridized carbons (Fsp3) is 0. The molecule has 0 atom stereocenters. The largest absolute Gasteiger partial charge is 0.503 e. The molecule has 4 rings (SSSR count). The van der Waals surface area contributed by atoms with Crippen molar-refractivity contribution in [1.29, 1.82) is 5.26 Å². The number of H-pyrrole nitrogens is 1. The zero-order valence-corrected chi connectivity index (χ0v) is 15.2. The predicted octanol–water partition coefficient (Wildman–Crippen LogP) is 4.04. The lowest BCUT2D eigenvalue weighted by atomic mass is 10.1. The number of rotatable bonds is 4. The maximum Gasteiger partial charge on any atom is 0.269 e. The summed E-state index contributed by atoms with van der Waals surface area (Å²) < 4.78 is 5.61. The minimum absolute atomic E-state index is 0.0179. The number of nitro benzene ring substituents is 1. The third kappa shape index (κ3) is 3.29. The summed E-state index contributed by atoms with van der Waals surface area (Å²) in [6.07, 6.45) is 0. The van der Waals surface area contributed by atoms with Crippen molar-refractivity contribution >= 4 is 27.9 Å². The van der Waals surface area contributed by atoms with E-state index in [2.05, 4.69) is 9.97 Å². The van der Waals surface area contributed by atoms with Crippen LogP contribution in [0.15, 0.2) is 69.9 Å². The Labute approximate surface area is 168 Å². The van der Waals surface area contributed by atoms with Gasteiger partial charge in [0.25, 0.3) is 11.2 Å². The van der Waals surface area contributed by atoms with Gasteiger partial charge in [-0.15, -0.1) is 0 Å². The highest BCUT2D eigenvalue weighted by Gasteiger charge is 2.18. The van der Waals surface area contributed by atoms with Crippen LogP contribution in [0.4, 0.5) is 5.69 Å². The number of para-hydroxylation sites is 1. The average molecular weight is 400 g/mol. The lowest BCUT2D eigenvalue weighted by Gasteiger charge is -2.04. The number of furan rings is 1. The lowest BCUT2D eigenvalue weighted by Crippen LogP contribution is -2.11. The molecule has 0 amide bonds. The summed E-state index contributed by atoms with van der Waals surface area (Å²) >= 11 is 0. The van der Waals surface area contributed by atoms with Crippen LogP contribution >= 0.6 is 0 Å². The first-order valence-corrected chi connectivity index (χ1v) is 8.65. The summed E-state index contributed by atoms with van der Waals surface area (Å²) in [6, 6.07) is 17.1. The second kappa shape index (κ2) is 7.37. The second-order valence-electron chi connectivity index (χ2n) is 6.23. The molecule has 4 aromatic rings. The molecule has 0 aliphatic rings. The summed E-state index contributed by atoms with van der Waals surface area (Å²) in [5.41, 5.74) is 0.161. The van der Waals surface area contributed by atoms with Gasteiger partial charge in [-0.1, -0.05) is 12.1 Å². The van der Waals surface area contributed by atoms with Crippen LogP contribution in [0.25, 0.3) is 33.6 Å². The molecule has 0 aliphatic carbocycles. The highest BCUT2D eigenvalue weighted by molar-refractivity contribution is 5.92. The van der Waals surface area contributed by atoms with E-state index in [0.29, 0.717) is 22.2 Å². The van der Waals surface area contributed by atoms with E-state index in [0.717, 1.165) is 0 Å². The van der Waals surface area contributed by atoms with E-state index in [1.54, 1.807) is 30.3 Å². The Bertz CT molecular complexity index is 1410. The topological polar surface area (TPSA) is 146 Å². The van der Waals surface area contributed by atoms with Crippen molar-refractivity contribution < 1.29 is 14.4 Å². The van der Waals surface area contributed by atoms with Gasteiger partial charge >= 0.3 is 0 Å². The molecule has 0 unspecified atom stereocenters. The minimum Gasteiger partial charge on any atom is -0.503 e. The maximum absolute atomic E-state index is 12.3. The Morgan fingerprint density at radius 3 is 2.57 bits per heavy atom. The molecular weight excluding hydrogens is 388 g/mol. The van der Waals surface area contributed by atoms with Gasteiger partial charge in [-0.05, 0) is 36.4 Å². The van der Waals surface area contributed by atoms with E-state index in [-0.39, 0.29) is 22.8 Å². The van der Waals surface area contributed by atoms with E-state index < -0.39 is 16.2 Å². The molecule has 2 aromatic heterocycles. The van der Waals surface area contributed by atoms with Crippen molar-refractivity contribution in [2.45, 2.75) is 0 Å². The Morgan fingerprint density at radius 2 is 1.87 bits per heavy atom. The number of nitrogens with one attached hydrogen (secondary N) is 1. The number of nitro groups is 1. The summed E-state index contributed by atoms with van der Waals surface area (Å²) in [7, 11) is 0. The van der Waals surface area contributed by atoms with Gasteiger partial charge in [0, 0.05) is 17.7 Å². The van der Waals surface area contributed by atoms with Gasteiger partial charge in [-0.3, -0.25) is 14.9 Å². The molecule has 2 aromatic carbocycles. The number of non-ortho nitro benzene ring substituents is 1. The molecule has 0 fully saturated rings. The van der Waals surface area contributed by atoms with Crippen molar-refractivity contribution in [2.75, 3.05) is 0 Å². The molecule has 0 aliphatic heterocycles. The first kappa shape index (κ1) is 18.6. The van der Waals surface area contributed by atoms with Crippen LogP contribution < -0.4 is 5.56 Å². The molecule has 146 valence electrons. The first-order valence-electron chi connectivity index (χ1n) is 8.65. The average Bonchev–Trinajstić information content (AvgIpc) is 3.25. The van der Waals surface area contributed by atoms with Crippen LogP contribution in [0.3, 0.4) is 0 Å². The summed E-state index contributed by atoms with van der Waals surface area (Å²) in [4.78, 5) is 29.3. The zero-order chi connectivity index (χ0) is 21.3. The summed E-state index contributed by atoms with van der Waals surface area (Å²) in [5, 5.41) is 31.3. The lowest BCUT2D eigenvalue weighted by molar-refractivity contribution is -0.384. The number of hydrogen-bond donors (Lipinski definition) is 2. The van der Waals surface area contributed by atoms with E-state index in [4.69, 9.17) is 4.42 Å². The Balaban J connectivity index is 1.75. The van der Waals surface area contributed by atoms with Crippen molar-refractivity contribution in [1.82, 2.24) is 9.97 Å². The molecule has 0 saturated carbocycles. The molecule has 30 heavy (non-hydrogen) atoms. The zero-order valence-electron chi connectivity index (χ0n) is 15.2. The van der Waals surface area contributed by atoms with Crippen molar-refractivity contribution in [3.8, 4) is 17.4 Å². The number of aromatic amines is 1. The molecule has 0 spiro atoms. The van der Waals surface area contributed by atoms with Crippen LogP contribution in [0.5, 0.6) is 0 Å². The van der Waals surface area contributed by atoms with E-state index in [1.165, 1.54) is 30.3 Å². The number of aliphatic hydroxyl groups is 1. The monoisotopic (exact) mass is 400 g/mol. The first-order chi connectivity index (χ1) is 14.5. The number of hydrogen-bond acceptors (Lipinski definition) is 7. The predicted molar refractivity (Wildman–Crippen MR) is 108 cm³/mol. The van der Waals surface area contributed by atoms with E-state index in [1.807, 2.05) is 6.07 Å². The van der Waals surface area contributed by atoms with Gasteiger partial charge < -0.3 is 14.5 Å². The Kier molecular flexibility index (Phi) is 4.58. The van der Waals surface area contributed by atoms with Crippen molar-refractivity contribution in [3.05, 3.63) is 92.7 Å². The number of aromatic nitrogens is 2. The summed E-state index contributed by atoms with van der Waals surface area (Å²) in [6.45, 7) is 0. The molecule has 0 saturated heterocycles. The number of aliphatic hydroxyl groups excluding tert-OH is 1. The van der Waals surface area contributed by atoms with Gasteiger partial charge in [0.2, 0.25) is 0 Å². The third-order valence-corrected chi connectivity index (χ3v) is 4.40. The SMILES string of the molecule is N#CC(=C(O)c1ccc(-c2ccc([N+](=O)[O-])cc2)o1)c1nc2ccccc2c(=O)[nH]1. The van der Waals surface area contributed by atoms with Crippen LogP contribution in [-0.4, -0.2) is 20.0 Å². The number of nitriles is 1. The number of allylic oxidation sites excluding steroid dienone is 1.